The van der Waals surface area contributed by atoms with Crippen molar-refractivity contribution in [2.75, 3.05) is 0 Å². The molecule has 1 aromatic carbocycles. The molecule has 1 aliphatic heterocycles. The van der Waals surface area contributed by atoms with Gasteiger partial charge in [0.05, 0.1) is 17.8 Å². The smallest absolute Gasteiger partial charge is 0.372 e. The van der Waals surface area contributed by atoms with E-state index in [0.717, 1.165) is 7.05 Å². The maximum Gasteiger partial charge on any atom is 0.437 e. The van der Waals surface area contributed by atoms with Crippen molar-refractivity contribution in [2.24, 2.45) is 12.2 Å². The van der Waals surface area contributed by atoms with Crippen LogP contribution in [0.2, 0.25) is 0 Å². The zero-order chi connectivity index (χ0) is 23.9. The van der Waals surface area contributed by atoms with Crippen LogP contribution in [-0.2, 0) is 23.7 Å². The van der Waals surface area contributed by atoms with Gasteiger partial charge in [-0.15, -0.1) is 6.58 Å². The van der Waals surface area contributed by atoms with Gasteiger partial charge in [0.15, 0.2) is 11.5 Å². The standard InChI is InChI=1S/C21H19F6N3O2/c1-4-5-6-16(31)14-8-7-13(9-12(14)2)15-11-19(32-29-15,21(25,26)27)18-10-17(20(22,23)24)28-30(18)3/h4,7-10H,1,5-6,11H2,2-3H3. The van der Waals surface area contributed by atoms with E-state index in [0.29, 0.717) is 28.3 Å². The predicted molar refractivity (Wildman–Crippen MR) is 103 cm³/mol. The number of rotatable bonds is 6. The molecule has 0 bridgehead atoms. The van der Waals surface area contributed by atoms with Gasteiger partial charge in [0.1, 0.15) is 0 Å². The fourth-order valence-electron chi connectivity index (χ4n) is 3.53. The molecular weight excluding hydrogens is 440 g/mol. The second-order valence-electron chi connectivity index (χ2n) is 7.45. The van der Waals surface area contributed by atoms with E-state index in [-0.39, 0.29) is 23.5 Å². The van der Waals surface area contributed by atoms with Gasteiger partial charge in [-0.2, -0.15) is 31.4 Å². The molecule has 5 nitrogen and oxygen atoms in total. The van der Waals surface area contributed by atoms with Gasteiger partial charge in [0.25, 0.3) is 5.60 Å². The largest absolute Gasteiger partial charge is 0.437 e. The van der Waals surface area contributed by atoms with Crippen molar-refractivity contribution in [3.8, 4) is 0 Å². The van der Waals surface area contributed by atoms with Gasteiger partial charge in [-0.05, 0) is 36.6 Å². The first kappa shape index (κ1) is 23.6. The summed E-state index contributed by atoms with van der Waals surface area (Å²) in [6, 6.07) is 4.74. The summed E-state index contributed by atoms with van der Waals surface area (Å²) in [6.07, 6.45) is -8.52. The van der Waals surface area contributed by atoms with Gasteiger partial charge >= 0.3 is 12.4 Å². The number of alkyl halides is 6. The average molecular weight is 459 g/mol. The number of hydrogen-bond donors (Lipinski definition) is 0. The molecule has 11 heteroatoms. The fraction of sp³-hybridized carbons (Fsp3) is 0.381. The molecule has 1 aromatic heterocycles. The molecular formula is C21H19F6N3O2. The van der Waals surface area contributed by atoms with Crippen molar-refractivity contribution in [1.29, 1.82) is 0 Å². The Labute approximate surface area is 179 Å². The highest BCUT2D eigenvalue weighted by molar-refractivity contribution is 6.04. The van der Waals surface area contributed by atoms with Crippen LogP contribution in [0.1, 0.15) is 52.1 Å². The van der Waals surface area contributed by atoms with E-state index < -0.39 is 35.8 Å². The van der Waals surface area contributed by atoms with Crippen LogP contribution in [-0.4, -0.2) is 27.5 Å². The number of carbonyl (C=O) groups excluding carboxylic acids is 1. The predicted octanol–water partition coefficient (Wildman–Crippen LogP) is 5.48. The lowest BCUT2D eigenvalue weighted by Gasteiger charge is -2.28. The van der Waals surface area contributed by atoms with Crippen molar-refractivity contribution in [3.05, 3.63) is 65.0 Å². The summed E-state index contributed by atoms with van der Waals surface area (Å²) in [5.41, 5.74) is -4.29. The average Bonchev–Trinajstić information content (AvgIpc) is 3.30. The molecule has 2 heterocycles. The number of halogens is 6. The lowest BCUT2D eigenvalue weighted by molar-refractivity contribution is -0.278. The molecule has 1 unspecified atom stereocenters. The van der Waals surface area contributed by atoms with Crippen LogP contribution in [0, 0.1) is 6.92 Å². The van der Waals surface area contributed by atoms with Crippen LogP contribution in [0.15, 0.2) is 42.1 Å². The molecule has 172 valence electrons. The molecule has 0 N–H and O–H groups in total. The first-order chi connectivity index (χ1) is 14.8. The Morgan fingerprint density at radius 1 is 1.25 bits per heavy atom. The number of ketones is 1. The van der Waals surface area contributed by atoms with Crippen LogP contribution in [0.5, 0.6) is 0 Å². The Hall–Kier alpha value is -3.11. The summed E-state index contributed by atoms with van der Waals surface area (Å²) < 4.78 is 81.7. The van der Waals surface area contributed by atoms with Gasteiger partial charge in [0, 0.05) is 19.0 Å². The Morgan fingerprint density at radius 2 is 1.94 bits per heavy atom. The number of aromatic nitrogens is 2. The minimum Gasteiger partial charge on any atom is -0.372 e. The molecule has 0 spiro atoms. The summed E-state index contributed by atoms with van der Waals surface area (Å²) in [4.78, 5) is 17.0. The molecule has 3 rings (SSSR count). The number of allylic oxidation sites excluding steroid dienone is 1. The molecule has 0 radical (unpaired) electrons. The summed E-state index contributed by atoms with van der Waals surface area (Å²) >= 11 is 0. The summed E-state index contributed by atoms with van der Waals surface area (Å²) in [6.45, 7) is 5.19. The van der Waals surface area contributed by atoms with Crippen LogP contribution in [0.4, 0.5) is 26.3 Å². The summed E-state index contributed by atoms with van der Waals surface area (Å²) in [7, 11) is 0.979. The lowest BCUT2D eigenvalue weighted by Crippen LogP contribution is -2.44. The van der Waals surface area contributed by atoms with Crippen molar-refractivity contribution in [2.45, 2.75) is 44.1 Å². The van der Waals surface area contributed by atoms with E-state index in [1.54, 1.807) is 13.0 Å². The summed E-state index contributed by atoms with van der Waals surface area (Å²) in [5.74, 6) is -0.141. The Kier molecular flexibility index (Phi) is 5.96. The number of carbonyl (C=O) groups is 1. The zero-order valence-corrected chi connectivity index (χ0v) is 17.1. The third kappa shape index (κ3) is 4.15. The van der Waals surface area contributed by atoms with Gasteiger partial charge < -0.3 is 4.84 Å². The van der Waals surface area contributed by atoms with Gasteiger partial charge in [-0.1, -0.05) is 23.4 Å². The molecule has 32 heavy (non-hydrogen) atoms. The summed E-state index contributed by atoms with van der Waals surface area (Å²) in [5, 5.41) is 6.72. The molecule has 0 saturated carbocycles. The van der Waals surface area contributed by atoms with E-state index in [4.69, 9.17) is 4.84 Å². The molecule has 0 fully saturated rings. The van der Waals surface area contributed by atoms with Crippen LogP contribution < -0.4 is 0 Å². The van der Waals surface area contributed by atoms with E-state index in [9.17, 15) is 31.1 Å². The second-order valence-corrected chi connectivity index (χ2v) is 7.45. The van der Waals surface area contributed by atoms with Crippen molar-refractivity contribution >= 4 is 11.5 Å². The topological polar surface area (TPSA) is 56.5 Å². The zero-order valence-electron chi connectivity index (χ0n) is 17.1. The maximum atomic E-state index is 14.1. The Bertz CT molecular complexity index is 1080. The number of oxime groups is 1. The Morgan fingerprint density at radius 3 is 2.47 bits per heavy atom. The van der Waals surface area contributed by atoms with Gasteiger partial charge in [0.2, 0.25) is 0 Å². The fourth-order valence-corrected chi connectivity index (χ4v) is 3.53. The molecule has 1 atom stereocenters. The van der Waals surface area contributed by atoms with Crippen LogP contribution in [0.3, 0.4) is 0 Å². The third-order valence-electron chi connectivity index (χ3n) is 5.21. The van der Waals surface area contributed by atoms with Crippen LogP contribution in [0.25, 0.3) is 0 Å². The lowest BCUT2D eigenvalue weighted by atomic mass is 9.88. The van der Waals surface area contributed by atoms with Crippen molar-refractivity contribution < 1.29 is 36.0 Å². The number of aryl methyl sites for hydroxylation is 2. The first-order valence-corrected chi connectivity index (χ1v) is 9.49. The van der Waals surface area contributed by atoms with E-state index in [2.05, 4.69) is 16.8 Å². The highest BCUT2D eigenvalue weighted by Gasteiger charge is 2.64. The first-order valence-electron chi connectivity index (χ1n) is 9.49. The minimum atomic E-state index is -5.08. The van der Waals surface area contributed by atoms with Gasteiger partial charge in [-0.25, -0.2) is 0 Å². The number of hydrogen-bond acceptors (Lipinski definition) is 4. The SMILES string of the molecule is C=CCCC(=O)c1ccc(C2=NOC(c3cc(C(F)(F)F)nn3C)(C(F)(F)F)C2)cc1C. The van der Waals surface area contributed by atoms with E-state index in [1.807, 2.05) is 0 Å². The van der Waals surface area contributed by atoms with E-state index >= 15 is 0 Å². The number of Topliss-reactive ketones (excluding diaryl/α,β-unsaturated/α-hetero) is 1. The highest BCUT2D eigenvalue weighted by Crippen LogP contribution is 2.49. The van der Waals surface area contributed by atoms with Crippen molar-refractivity contribution in [3.63, 3.8) is 0 Å². The normalized spacial score (nSPS) is 18.9. The number of nitrogens with zero attached hydrogens (tertiary/aromatic N) is 3. The Balaban J connectivity index is 1.96. The molecule has 1 aliphatic rings. The molecule has 0 saturated heterocycles. The van der Waals surface area contributed by atoms with Crippen LogP contribution >= 0.6 is 0 Å². The second kappa shape index (κ2) is 8.10. The monoisotopic (exact) mass is 459 g/mol. The van der Waals surface area contributed by atoms with Crippen molar-refractivity contribution in [1.82, 2.24) is 9.78 Å². The minimum absolute atomic E-state index is 0.106. The third-order valence-corrected chi connectivity index (χ3v) is 5.21. The molecule has 2 aromatic rings. The molecule has 0 aliphatic carbocycles. The van der Waals surface area contributed by atoms with E-state index in [1.165, 1.54) is 18.2 Å². The quantitative estimate of drug-likeness (QED) is 0.327. The number of benzene rings is 1. The van der Waals surface area contributed by atoms with Gasteiger partial charge in [-0.3, -0.25) is 9.48 Å². The molecule has 0 amide bonds. The maximum absolute atomic E-state index is 14.1. The highest BCUT2D eigenvalue weighted by atomic mass is 19.4.